The molecule has 14 heavy (non-hydrogen) atoms. The molecule has 0 unspecified atom stereocenters. The number of hydrogen-bond acceptors (Lipinski definition) is 5. The van der Waals surface area contributed by atoms with Gasteiger partial charge in [-0.1, -0.05) is 0 Å². The van der Waals surface area contributed by atoms with E-state index in [0.29, 0.717) is 0 Å². The number of aliphatic carboxylic acids is 4. The van der Waals surface area contributed by atoms with Crippen molar-refractivity contribution in [2.75, 3.05) is 0 Å². The normalized spacial score (nSPS) is 6.50. The van der Waals surface area contributed by atoms with E-state index in [1.54, 1.807) is 0 Å². The molecule has 0 bridgehead atoms. The Bertz CT molecular complexity index is 185. The molecule has 0 saturated carbocycles. The predicted molar refractivity (Wildman–Crippen MR) is 31.2 cm³/mol. The minimum atomic E-state index is -1.82. The van der Waals surface area contributed by atoms with E-state index in [4.69, 9.17) is 43.3 Å². The van der Waals surface area contributed by atoms with Gasteiger partial charge < -0.3 is 20.4 Å². The summed E-state index contributed by atoms with van der Waals surface area (Å²) < 4.78 is 8.19. The van der Waals surface area contributed by atoms with Gasteiger partial charge in [0.2, 0.25) is 0 Å². The summed E-state index contributed by atoms with van der Waals surface area (Å²) in [7, 11) is 0. The second kappa shape index (κ2) is 11.3. The third-order valence-corrected chi connectivity index (χ3v) is 0.366. The van der Waals surface area contributed by atoms with Gasteiger partial charge in [0.25, 0.3) is 0 Å². The molecule has 0 saturated heterocycles. The molecule has 0 aromatic carbocycles. The molecule has 0 fully saturated rings. The summed E-state index contributed by atoms with van der Waals surface area (Å²) in [6, 6.07) is 0. The van der Waals surface area contributed by atoms with Crippen LogP contribution < -0.4 is 0 Å². The summed E-state index contributed by atoms with van der Waals surface area (Å²) >= 11 is 1.06. The van der Waals surface area contributed by atoms with E-state index in [0.717, 1.165) is 17.4 Å². The van der Waals surface area contributed by atoms with Crippen LogP contribution in [0, 0.1) is 0 Å². The average Bonchev–Trinajstić information content (AvgIpc) is 2.08. The van der Waals surface area contributed by atoms with Gasteiger partial charge in [0.05, 0.1) is 0 Å². The van der Waals surface area contributed by atoms with Gasteiger partial charge in [-0.2, -0.15) is 0 Å². The Morgan fingerprint density at radius 2 is 0.643 bits per heavy atom. The van der Waals surface area contributed by atoms with E-state index in [9.17, 15) is 0 Å². The topological polar surface area (TPSA) is 166 Å². The van der Waals surface area contributed by atoms with E-state index < -0.39 is 23.9 Å². The molecule has 0 aromatic heterocycles. The van der Waals surface area contributed by atoms with Gasteiger partial charge >= 0.3 is 44.9 Å². The molecule has 0 rings (SSSR count). The molecule has 9 nitrogen and oxygen atoms in total. The molecule has 0 aliphatic rings. The minimum absolute atomic E-state index is 1.06. The maximum absolute atomic E-state index is 9.10. The van der Waals surface area contributed by atoms with Crippen LogP contribution in [0.1, 0.15) is 0 Å². The van der Waals surface area contributed by atoms with Crippen LogP contribution >= 0.6 is 0 Å². The Morgan fingerprint density at radius 3 is 0.643 bits per heavy atom. The van der Waals surface area contributed by atoms with Crippen LogP contribution in [0.25, 0.3) is 0 Å². The van der Waals surface area contributed by atoms with Crippen molar-refractivity contribution >= 4 is 23.9 Å². The molecule has 0 heterocycles. The van der Waals surface area contributed by atoms with Gasteiger partial charge in [0, 0.05) is 0 Å². The van der Waals surface area contributed by atoms with E-state index in [2.05, 4.69) is 0 Å². The first kappa shape index (κ1) is 18.1. The Morgan fingerprint density at radius 1 is 0.571 bits per heavy atom. The van der Waals surface area contributed by atoms with Crippen molar-refractivity contribution in [1.29, 1.82) is 0 Å². The Kier molecular flexibility index (Phi) is 14.6. The quantitative estimate of drug-likeness (QED) is 0.360. The summed E-state index contributed by atoms with van der Waals surface area (Å²) in [5.74, 6) is -7.30. The van der Waals surface area contributed by atoms with Gasteiger partial charge in [-0.25, -0.2) is 19.2 Å². The Balaban J connectivity index is -0.000000147. The summed E-state index contributed by atoms with van der Waals surface area (Å²) in [6.07, 6.45) is 0. The van der Waals surface area contributed by atoms with Crippen molar-refractivity contribution in [1.82, 2.24) is 0 Å². The fraction of sp³-hybridized carbons (Fsp3) is 0. The molecule has 0 aliphatic carbocycles. The van der Waals surface area contributed by atoms with Crippen LogP contribution in [0.4, 0.5) is 0 Å². The molecule has 10 heteroatoms. The van der Waals surface area contributed by atoms with Crippen LogP contribution in [-0.4, -0.2) is 44.3 Å². The molecule has 0 spiro atoms. The second-order valence-corrected chi connectivity index (χ2v) is 1.22. The molecule has 0 aliphatic heterocycles. The molecular weight excluding hydrogens is 243 g/mol. The average molecular weight is 247 g/mol. The first-order valence-corrected chi connectivity index (χ1v) is 2.96. The van der Waals surface area contributed by atoms with Crippen LogP contribution in [0.2, 0.25) is 0 Å². The van der Waals surface area contributed by atoms with Crippen molar-refractivity contribution in [3.8, 4) is 0 Å². The number of carbonyl (C=O) groups is 4. The second-order valence-electron chi connectivity index (χ2n) is 1.22. The van der Waals surface area contributed by atoms with Crippen molar-refractivity contribution < 1.29 is 60.6 Å². The summed E-state index contributed by atoms with van der Waals surface area (Å²) in [5.41, 5.74) is 0. The monoisotopic (exact) mass is 247 g/mol. The molecule has 0 atom stereocenters. The Hall–Kier alpha value is -1.74. The molecule has 0 radical (unpaired) electrons. The van der Waals surface area contributed by atoms with Crippen molar-refractivity contribution in [2.24, 2.45) is 0 Å². The van der Waals surface area contributed by atoms with Crippen LogP contribution in [0.15, 0.2) is 0 Å². The van der Waals surface area contributed by atoms with Gasteiger partial charge in [-0.05, 0) is 0 Å². The zero-order valence-corrected chi connectivity index (χ0v) is 7.67. The molecule has 79 valence electrons. The number of carboxylic acid groups (broad SMARTS) is 4. The van der Waals surface area contributed by atoms with Gasteiger partial charge in [-0.15, -0.1) is 0 Å². The predicted octanol–water partition coefficient (Wildman–Crippen LogP) is -1.81. The molecule has 0 aromatic rings. The SMILES string of the molecule is O=C(O)C(=O)O.O=C(O)C(=O)O.[O]=[V]. The standard InChI is InChI=1S/2C2H2O4.O.V/c2*3-1(4)2(5)6;;/h2*(H,3,4)(H,5,6);;. The molecule has 4 N–H and O–H groups in total. The van der Waals surface area contributed by atoms with Crippen molar-refractivity contribution in [3.05, 3.63) is 0 Å². The van der Waals surface area contributed by atoms with E-state index >= 15 is 0 Å². The zero-order chi connectivity index (χ0) is 12.3. The van der Waals surface area contributed by atoms with Gasteiger partial charge in [0.15, 0.2) is 0 Å². The summed E-state index contributed by atoms with van der Waals surface area (Å²) in [4.78, 5) is 36.4. The van der Waals surface area contributed by atoms with Crippen molar-refractivity contribution in [3.63, 3.8) is 0 Å². The fourth-order valence-corrected chi connectivity index (χ4v) is 0. The Labute approximate surface area is 85.2 Å². The van der Waals surface area contributed by atoms with E-state index in [-0.39, 0.29) is 0 Å². The fourth-order valence-electron chi connectivity index (χ4n) is 0. The van der Waals surface area contributed by atoms with E-state index in [1.807, 2.05) is 0 Å². The van der Waals surface area contributed by atoms with E-state index in [1.165, 1.54) is 0 Å². The first-order chi connectivity index (χ1) is 6.29. The van der Waals surface area contributed by atoms with Crippen LogP contribution in [0.3, 0.4) is 0 Å². The van der Waals surface area contributed by atoms with Gasteiger partial charge in [-0.3, -0.25) is 0 Å². The van der Waals surface area contributed by atoms with Crippen molar-refractivity contribution in [2.45, 2.75) is 0 Å². The zero-order valence-electron chi connectivity index (χ0n) is 6.28. The third-order valence-electron chi connectivity index (χ3n) is 0.366. The van der Waals surface area contributed by atoms with Gasteiger partial charge in [0.1, 0.15) is 0 Å². The number of rotatable bonds is 0. The van der Waals surface area contributed by atoms with Crippen LogP contribution in [-0.2, 0) is 40.2 Å². The summed E-state index contributed by atoms with van der Waals surface area (Å²) in [5, 5.41) is 29.6. The molecular formula is C4H4O9V. The van der Waals surface area contributed by atoms with Crippen LogP contribution in [0.5, 0.6) is 0 Å². The third kappa shape index (κ3) is 22.4. The molecule has 0 amide bonds. The maximum atomic E-state index is 9.10. The number of hydrogen-bond donors (Lipinski definition) is 4. The summed E-state index contributed by atoms with van der Waals surface area (Å²) in [6.45, 7) is 0. The number of carboxylic acids is 4. The first-order valence-electron chi connectivity index (χ1n) is 2.39.